The Morgan fingerprint density at radius 1 is 0.796 bits per heavy atom. The predicted octanol–water partition coefficient (Wildman–Crippen LogP) is 9.55. The van der Waals surface area contributed by atoms with Crippen molar-refractivity contribution in [1.82, 2.24) is 10.2 Å². The van der Waals surface area contributed by atoms with E-state index in [-0.39, 0.29) is 29.7 Å². The maximum Gasteiger partial charge on any atom is 0.415 e. The summed E-state index contributed by atoms with van der Waals surface area (Å²) < 4.78 is 6.24. The number of halogens is 2. The number of carbonyl (C=O) groups excluding carboxylic acids is 1. The van der Waals surface area contributed by atoms with E-state index in [9.17, 15) is 19.8 Å². The van der Waals surface area contributed by atoms with Gasteiger partial charge in [0.25, 0.3) is 0 Å². The first-order chi connectivity index (χ1) is 23.4. The quantitative estimate of drug-likeness (QED) is 0.178. The number of nitrogens with zero attached hydrogens (tertiary/aromatic N) is 1. The highest BCUT2D eigenvalue weighted by Gasteiger charge is 2.42. The summed E-state index contributed by atoms with van der Waals surface area (Å²) in [4.78, 5) is 28.0. The second-order valence-corrected chi connectivity index (χ2v) is 15.1. The number of ether oxygens (including phenoxy) is 1. The Labute approximate surface area is 297 Å². The first-order valence-corrected chi connectivity index (χ1v) is 17.6. The van der Waals surface area contributed by atoms with Crippen LogP contribution in [0.1, 0.15) is 78.8 Å². The SMILES string of the molecule is CC(C)(C)N(C(=O)Oc1ccc2c(c1)C(Cc1ccc(Cl)cc1)C(NC(=O)O)CC2)C1CCc2ccc(O)cc2C1Cc1ccc(Cl)cc1. The van der Waals surface area contributed by atoms with Crippen LogP contribution in [0.2, 0.25) is 10.0 Å². The van der Waals surface area contributed by atoms with Crippen LogP contribution in [0.3, 0.4) is 0 Å². The lowest BCUT2D eigenvalue weighted by Crippen LogP contribution is -2.56. The molecule has 0 bridgehead atoms. The molecule has 4 aromatic rings. The molecule has 9 heteroatoms. The van der Waals surface area contributed by atoms with E-state index < -0.39 is 17.7 Å². The molecule has 2 aliphatic rings. The van der Waals surface area contributed by atoms with Crippen molar-refractivity contribution in [2.24, 2.45) is 0 Å². The average molecular weight is 702 g/mol. The van der Waals surface area contributed by atoms with Gasteiger partial charge in [0.1, 0.15) is 11.5 Å². The molecule has 2 amide bonds. The zero-order valence-corrected chi connectivity index (χ0v) is 29.5. The lowest BCUT2D eigenvalue weighted by atomic mass is 9.74. The Kier molecular flexibility index (Phi) is 10.1. The molecule has 6 rings (SSSR count). The highest BCUT2D eigenvalue weighted by atomic mass is 35.5. The summed E-state index contributed by atoms with van der Waals surface area (Å²) in [5.74, 6) is 0.352. The Morgan fingerprint density at radius 3 is 1.94 bits per heavy atom. The number of carbonyl (C=O) groups is 2. The highest BCUT2D eigenvalue weighted by Crippen LogP contribution is 2.42. The van der Waals surface area contributed by atoms with Crippen molar-refractivity contribution in [2.75, 3.05) is 0 Å². The monoisotopic (exact) mass is 700 g/mol. The molecule has 4 unspecified atom stereocenters. The number of phenols is 1. The normalized spacial score (nSPS) is 20.1. The van der Waals surface area contributed by atoms with E-state index in [1.807, 2.05) is 105 Å². The third-order valence-corrected chi connectivity index (χ3v) is 10.4. The summed E-state index contributed by atoms with van der Waals surface area (Å²) >= 11 is 12.4. The first kappa shape index (κ1) is 34.7. The molecule has 0 spiro atoms. The Bertz CT molecular complexity index is 1820. The number of hydrogen-bond donors (Lipinski definition) is 3. The third-order valence-electron chi connectivity index (χ3n) is 9.93. The van der Waals surface area contributed by atoms with E-state index in [2.05, 4.69) is 5.32 Å². The van der Waals surface area contributed by atoms with Crippen LogP contribution in [0.15, 0.2) is 84.9 Å². The molecule has 256 valence electrons. The number of aryl methyl sites for hydroxylation is 2. The minimum atomic E-state index is -1.06. The smallest absolute Gasteiger partial charge is 0.415 e. The topological polar surface area (TPSA) is 99.1 Å². The molecule has 0 saturated carbocycles. The highest BCUT2D eigenvalue weighted by molar-refractivity contribution is 6.30. The van der Waals surface area contributed by atoms with Crippen LogP contribution < -0.4 is 10.1 Å². The summed E-state index contributed by atoms with van der Waals surface area (Å²) in [7, 11) is 0. The fourth-order valence-corrected chi connectivity index (χ4v) is 8.00. The van der Waals surface area contributed by atoms with Crippen molar-refractivity contribution in [2.45, 2.75) is 88.8 Å². The van der Waals surface area contributed by atoms with Crippen molar-refractivity contribution >= 4 is 35.4 Å². The third kappa shape index (κ3) is 8.00. The van der Waals surface area contributed by atoms with Crippen LogP contribution >= 0.6 is 23.2 Å². The number of amides is 2. The van der Waals surface area contributed by atoms with Crippen molar-refractivity contribution < 1.29 is 24.5 Å². The van der Waals surface area contributed by atoms with E-state index >= 15 is 0 Å². The van der Waals surface area contributed by atoms with Gasteiger partial charge in [-0.1, -0.05) is 59.6 Å². The molecule has 0 aliphatic heterocycles. The fraction of sp³-hybridized carbons (Fsp3) is 0.350. The van der Waals surface area contributed by atoms with Gasteiger partial charge < -0.3 is 20.3 Å². The number of benzene rings is 4. The number of aromatic hydroxyl groups is 1. The van der Waals surface area contributed by atoms with Gasteiger partial charge in [-0.2, -0.15) is 0 Å². The largest absolute Gasteiger partial charge is 0.508 e. The van der Waals surface area contributed by atoms with E-state index in [4.69, 9.17) is 27.9 Å². The van der Waals surface area contributed by atoms with Crippen molar-refractivity contribution in [1.29, 1.82) is 0 Å². The van der Waals surface area contributed by atoms with Gasteiger partial charge in [-0.15, -0.1) is 0 Å². The van der Waals surface area contributed by atoms with Crippen LogP contribution in [0, 0.1) is 0 Å². The first-order valence-electron chi connectivity index (χ1n) is 16.8. The van der Waals surface area contributed by atoms with Gasteiger partial charge in [-0.3, -0.25) is 4.90 Å². The van der Waals surface area contributed by atoms with Crippen molar-refractivity contribution in [3.8, 4) is 11.5 Å². The molecular formula is C40H42Cl2N2O5. The van der Waals surface area contributed by atoms with Crippen LogP contribution in [-0.2, 0) is 25.7 Å². The molecule has 3 N–H and O–H groups in total. The minimum absolute atomic E-state index is 0.0982. The molecule has 2 aliphatic carbocycles. The number of carboxylic acid groups (broad SMARTS) is 1. The Balaban J connectivity index is 1.32. The maximum absolute atomic E-state index is 14.4. The zero-order valence-electron chi connectivity index (χ0n) is 28.0. The number of phenolic OH excluding ortho intramolecular Hbond substituents is 1. The van der Waals surface area contributed by atoms with E-state index in [1.165, 1.54) is 5.56 Å². The van der Waals surface area contributed by atoms with Gasteiger partial charge in [-0.25, -0.2) is 9.59 Å². The number of fused-ring (bicyclic) bond motifs is 2. The van der Waals surface area contributed by atoms with Gasteiger partial charge in [0, 0.05) is 39.5 Å². The summed E-state index contributed by atoms with van der Waals surface area (Å²) in [6.07, 6.45) is 2.62. The lowest BCUT2D eigenvalue weighted by molar-refractivity contribution is 0.0594. The zero-order chi connectivity index (χ0) is 34.9. The van der Waals surface area contributed by atoms with Crippen LogP contribution in [0.25, 0.3) is 0 Å². The fourth-order valence-electron chi connectivity index (χ4n) is 7.75. The second-order valence-electron chi connectivity index (χ2n) is 14.2. The molecule has 0 heterocycles. The predicted molar refractivity (Wildman–Crippen MR) is 193 cm³/mol. The molecule has 4 aromatic carbocycles. The summed E-state index contributed by atoms with van der Waals surface area (Å²) in [6.45, 7) is 6.05. The standard InChI is InChI=1S/C40H42Cl2N2O5/c1-40(2,3)44(37-19-11-26-8-16-30(45)22-32(26)35(37)21-25-6-14-29(42)15-7-25)39(48)49-31-17-9-27-10-18-36(43-38(46)47)34(33(27)23-31)20-24-4-12-28(41)13-5-24/h4-9,12-17,22-23,34-37,43,45H,10-11,18-21H2,1-3H3,(H,46,47). The summed E-state index contributed by atoms with van der Waals surface area (Å²) in [5, 5.41) is 24.2. The Hall–Kier alpha value is -4.20. The second kappa shape index (κ2) is 14.3. The molecule has 0 saturated heterocycles. The average Bonchev–Trinajstić information content (AvgIpc) is 3.04. The summed E-state index contributed by atoms with van der Waals surface area (Å²) in [5.41, 5.74) is 5.82. The minimum Gasteiger partial charge on any atom is -0.508 e. The maximum atomic E-state index is 14.4. The van der Waals surface area contributed by atoms with Gasteiger partial charge in [0.2, 0.25) is 0 Å². The van der Waals surface area contributed by atoms with Crippen molar-refractivity contribution in [3.05, 3.63) is 128 Å². The van der Waals surface area contributed by atoms with E-state index in [1.54, 1.807) is 6.07 Å². The van der Waals surface area contributed by atoms with Gasteiger partial charge in [-0.05, 0) is 141 Å². The number of nitrogens with one attached hydrogen (secondary N) is 1. The molecule has 49 heavy (non-hydrogen) atoms. The number of hydrogen-bond acceptors (Lipinski definition) is 4. The van der Waals surface area contributed by atoms with E-state index in [0.717, 1.165) is 40.7 Å². The molecular weight excluding hydrogens is 659 g/mol. The van der Waals surface area contributed by atoms with Crippen molar-refractivity contribution in [3.63, 3.8) is 0 Å². The van der Waals surface area contributed by atoms with Crippen LogP contribution in [0.4, 0.5) is 9.59 Å². The molecule has 0 fully saturated rings. The molecule has 0 aromatic heterocycles. The van der Waals surface area contributed by atoms with E-state index in [0.29, 0.717) is 41.5 Å². The van der Waals surface area contributed by atoms with Crippen LogP contribution in [0.5, 0.6) is 11.5 Å². The Morgan fingerprint density at radius 2 is 1.35 bits per heavy atom. The van der Waals surface area contributed by atoms with Gasteiger partial charge >= 0.3 is 12.2 Å². The lowest BCUT2D eigenvalue weighted by Gasteiger charge is -2.46. The number of rotatable bonds is 7. The summed E-state index contributed by atoms with van der Waals surface area (Å²) in [6, 6.07) is 26.1. The van der Waals surface area contributed by atoms with Gasteiger partial charge in [0.15, 0.2) is 0 Å². The van der Waals surface area contributed by atoms with Crippen LogP contribution in [-0.4, -0.2) is 44.9 Å². The molecule has 7 nitrogen and oxygen atoms in total. The molecule has 4 atom stereocenters. The molecule has 0 radical (unpaired) electrons. The van der Waals surface area contributed by atoms with Gasteiger partial charge in [0.05, 0.1) is 0 Å².